The van der Waals surface area contributed by atoms with E-state index in [1.54, 1.807) is 0 Å². The van der Waals surface area contributed by atoms with Crippen molar-refractivity contribution in [2.24, 2.45) is 28.8 Å². The lowest BCUT2D eigenvalue weighted by atomic mass is 9.88. The molecule has 0 fully saturated rings. The van der Waals surface area contributed by atoms with E-state index < -0.39 is 0 Å². The molecule has 0 rings (SSSR count). The molecule has 0 aromatic heterocycles. The van der Waals surface area contributed by atoms with Crippen LogP contribution in [0.4, 0.5) is 0 Å². The van der Waals surface area contributed by atoms with Crippen LogP contribution >= 0.6 is 0 Å². The van der Waals surface area contributed by atoms with Gasteiger partial charge in [0.15, 0.2) is 0 Å². The standard InChI is InChI=1S/C15H31NO/c1-11(2)7-13(5)9-15(16-17)10-14(6)8-12(3)4/h11-14,17H,7-10H2,1-6H3. The third-order valence-corrected chi connectivity index (χ3v) is 3.06. The number of hydrogen-bond donors (Lipinski definition) is 1. The van der Waals surface area contributed by atoms with Crippen molar-refractivity contribution < 1.29 is 5.21 Å². The molecule has 0 aliphatic carbocycles. The Morgan fingerprint density at radius 3 is 1.41 bits per heavy atom. The lowest BCUT2D eigenvalue weighted by Gasteiger charge is -2.18. The molecule has 0 amide bonds. The van der Waals surface area contributed by atoms with Crippen LogP contribution in [-0.2, 0) is 0 Å². The summed E-state index contributed by atoms with van der Waals surface area (Å²) in [4.78, 5) is 0. The molecule has 0 saturated heterocycles. The van der Waals surface area contributed by atoms with Gasteiger partial charge in [0, 0.05) is 0 Å². The fraction of sp³-hybridized carbons (Fsp3) is 0.933. The topological polar surface area (TPSA) is 32.6 Å². The average Bonchev–Trinajstić information content (AvgIpc) is 2.13. The first kappa shape index (κ1) is 16.5. The first-order chi connectivity index (χ1) is 7.85. The molecule has 0 heterocycles. The highest BCUT2D eigenvalue weighted by Crippen LogP contribution is 2.20. The van der Waals surface area contributed by atoms with Gasteiger partial charge >= 0.3 is 0 Å². The van der Waals surface area contributed by atoms with Gasteiger partial charge in [-0.05, 0) is 49.4 Å². The summed E-state index contributed by atoms with van der Waals surface area (Å²) in [6.07, 6.45) is 4.30. The van der Waals surface area contributed by atoms with Crippen molar-refractivity contribution in [2.45, 2.75) is 67.2 Å². The molecule has 2 nitrogen and oxygen atoms in total. The third kappa shape index (κ3) is 9.20. The second kappa shape index (κ2) is 8.54. The molecule has 17 heavy (non-hydrogen) atoms. The van der Waals surface area contributed by atoms with E-state index in [-0.39, 0.29) is 0 Å². The van der Waals surface area contributed by atoms with E-state index in [2.05, 4.69) is 46.7 Å². The number of nitrogens with zero attached hydrogens (tertiary/aromatic N) is 1. The summed E-state index contributed by atoms with van der Waals surface area (Å²) >= 11 is 0. The monoisotopic (exact) mass is 241 g/mol. The number of oxime groups is 1. The molecule has 0 spiro atoms. The molecule has 0 saturated carbocycles. The minimum atomic E-state index is 0.618. The van der Waals surface area contributed by atoms with Crippen LogP contribution in [0.15, 0.2) is 5.16 Å². The van der Waals surface area contributed by atoms with Crippen LogP contribution in [0.2, 0.25) is 0 Å². The van der Waals surface area contributed by atoms with Crippen molar-refractivity contribution in [3.63, 3.8) is 0 Å². The highest BCUT2D eigenvalue weighted by atomic mass is 16.4. The predicted octanol–water partition coefficient (Wildman–Crippen LogP) is 4.96. The smallest absolute Gasteiger partial charge is 0.0576 e. The normalized spacial score (nSPS) is 15.1. The Labute approximate surface area is 107 Å². The highest BCUT2D eigenvalue weighted by Gasteiger charge is 2.14. The largest absolute Gasteiger partial charge is 0.411 e. The molecule has 102 valence electrons. The van der Waals surface area contributed by atoms with E-state index in [9.17, 15) is 0 Å². The summed E-state index contributed by atoms with van der Waals surface area (Å²) in [5.74, 6) is 2.68. The van der Waals surface area contributed by atoms with E-state index in [0.29, 0.717) is 11.8 Å². The van der Waals surface area contributed by atoms with Gasteiger partial charge in [-0.2, -0.15) is 0 Å². The van der Waals surface area contributed by atoms with Crippen LogP contribution < -0.4 is 0 Å². The van der Waals surface area contributed by atoms with Crippen molar-refractivity contribution in [3.05, 3.63) is 0 Å². The third-order valence-electron chi connectivity index (χ3n) is 3.06. The maximum atomic E-state index is 9.08. The van der Waals surface area contributed by atoms with E-state index >= 15 is 0 Å². The Bertz CT molecular complexity index is 201. The molecule has 2 atom stereocenters. The van der Waals surface area contributed by atoms with Crippen LogP contribution in [0, 0.1) is 23.7 Å². The molecule has 2 unspecified atom stereocenters. The molecule has 0 aliphatic heterocycles. The highest BCUT2D eigenvalue weighted by molar-refractivity contribution is 5.84. The first-order valence-electron chi connectivity index (χ1n) is 7.04. The summed E-state index contributed by atoms with van der Waals surface area (Å²) in [5.41, 5.74) is 0.978. The Hall–Kier alpha value is -0.530. The van der Waals surface area contributed by atoms with Crippen molar-refractivity contribution in [2.75, 3.05) is 0 Å². The van der Waals surface area contributed by atoms with E-state index in [1.807, 2.05) is 0 Å². The maximum Gasteiger partial charge on any atom is 0.0576 e. The van der Waals surface area contributed by atoms with Gasteiger partial charge in [-0.15, -0.1) is 0 Å². The zero-order valence-electron chi connectivity index (χ0n) is 12.5. The van der Waals surface area contributed by atoms with Gasteiger partial charge in [-0.1, -0.05) is 46.7 Å². The van der Waals surface area contributed by atoms with Crippen LogP contribution in [-0.4, -0.2) is 10.9 Å². The van der Waals surface area contributed by atoms with E-state index in [1.165, 1.54) is 12.8 Å². The lowest BCUT2D eigenvalue weighted by molar-refractivity contribution is 0.310. The molecule has 1 N–H and O–H groups in total. The van der Waals surface area contributed by atoms with Gasteiger partial charge in [0.25, 0.3) is 0 Å². The molecular formula is C15H31NO. The van der Waals surface area contributed by atoms with Gasteiger partial charge in [0.2, 0.25) is 0 Å². The molecule has 0 aliphatic rings. The van der Waals surface area contributed by atoms with Crippen molar-refractivity contribution in [1.82, 2.24) is 0 Å². The SMILES string of the molecule is CC(C)CC(C)CC(CC(C)CC(C)C)=NO. The first-order valence-corrected chi connectivity index (χ1v) is 7.04. The van der Waals surface area contributed by atoms with Gasteiger partial charge in [0.05, 0.1) is 5.71 Å². The molecule has 2 heteroatoms. The quantitative estimate of drug-likeness (QED) is 0.363. The van der Waals surface area contributed by atoms with Crippen LogP contribution in [0.5, 0.6) is 0 Å². The summed E-state index contributed by atoms with van der Waals surface area (Å²) in [7, 11) is 0. The second-order valence-electron chi connectivity index (χ2n) is 6.54. The number of hydrogen-bond acceptors (Lipinski definition) is 2. The predicted molar refractivity (Wildman–Crippen MR) is 75.7 cm³/mol. The molecule has 0 bridgehead atoms. The average molecular weight is 241 g/mol. The minimum absolute atomic E-state index is 0.618. The fourth-order valence-electron chi connectivity index (χ4n) is 2.75. The fourth-order valence-corrected chi connectivity index (χ4v) is 2.75. The van der Waals surface area contributed by atoms with Gasteiger partial charge < -0.3 is 5.21 Å². The van der Waals surface area contributed by atoms with Crippen LogP contribution in [0.1, 0.15) is 67.2 Å². The van der Waals surface area contributed by atoms with E-state index in [0.717, 1.165) is 30.4 Å². The summed E-state index contributed by atoms with van der Waals surface area (Å²) in [6.45, 7) is 13.5. The Morgan fingerprint density at radius 2 is 1.18 bits per heavy atom. The summed E-state index contributed by atoms with van der Waals surface area (Å²) in [5, 5.41) is 12.6. The van der Waals surface area contributed by atoms with Crippen LogP contribution in [0.3, 0.4) is 0 Å². The Morgan fingerprint density at radius 1 is 0.824 bits per heavy atom. The van der Waals surface area contributed by atoms with Gasteiger partial charge in [0.1, 0.15) is 0 Å². The second-order valence-corrected chi connectivity index (χ2v) is 6.54. The zero-order chi connectivity index (χ0) is 13.4. The Balaban J connectivity index is 4.08. The van der Waals surface area contributed by atoms with Crippen molar-refractivity contribution in [3.8, 4) is 0 Å². The molecule has 0 radical (unpaired) electrons. The van der Waals surface area contributed by atoms with Gasteiger partial charge in [-0.3, -0.25) is 0 Å². The summed E-state index contributed by atoms with van der Waals surface area (Å²) < 4.78 is 0. The lowest BCUT2D eigenvalue weighted by Crippen LogP contribution is -2.13. The zero-order valence-corrected chi connectivity index (χ0v) is 12.5. The number of rotatable bonds is 8. The maximum absolute atomic E-state index is 9.08. The van der Waals surface area contributed by atoms with Gasteiger partial charge in [-0.25, -0.2) is 0 Å². The molecule has 0 aromatic rings. The minimum Gasteiger partial charge on any atom is -0.411 e. The molecular weight excluding hydrogens is 210 g/mol. The van der Waals surface area contributed by atoms with Crippen LogP contribution in [0.25, 0.3) is 0 Å². The van der Waals surface area contributed by atoms with Crippen molar-refractivity contribution >= 4 is 5.71 Å². The summed E-state index contributed by atoms with van der Waals surface area (Å²) in [6, 6.07) is 0. The molecule has 0 aromatic carbocycles. The van der Waals surface area contributed by atoms with E-state index in [4.69, 9.17) is 5.21 Å². The van der Waals surface area contributed by atoms with Crippen molar-refractivity contribution in [1.29, 1.82) is 0 Å². The Kier molecular flexibility index (Phi) is 8.28.